The number of carbonyl (C=O) groups excluding carboxylic acids is 1. The van der Waals surface area contributed by atoms with Crippen molar-refractivity contribution < 1.29 is 13.9 Å². The monoisotopic (exact) mass is 207 g/mol. The first-order valence-electron chi connectivity index (χ1n) is 4.59. The molecule has 2 rings (SSSR count). The van der Waals surface area contributed by atoms with Gasteiger partial charge in [0.25, 0.3) is 0 Å². The van der Waals surface area contributed by atoms with Crippen LogP contribution >= 0.6 is 0 Å². The topological polar surface area (TPSA) is 52.3 Å². The third-order valence-electron chi connectivity index (χ3n) is 2.24. The minimum atomic E-state index is -0.554. The summed E-state index contributed by atoms with van der Waals surface area (Å²) in [7, 11) is 0. The van der Waals surface area contributed by atoms with E-state index in [4.69, 9.17) is 10.5 Å². The summed E-state index contributed by atoms with van der Waals surface area (Å²) < 4.78 is 18.3. The number of halogens is 1. The quantitative estimate of drug-likeness (QED) is 0.595. The Morgan fingerprint density at radius 1 is 1.47 bits per heavy atom. The number of ether oxygens (including phenoxy) is 1. The number of carbonyl (C=O) groups is 1. The molecule has 0 aliphatic carbocycles. The van der Waals surface area contributed by atoms with E-state index in [-0.39, 0.29) is 11.3 Å². The Hall–Kier alpha value is -1.84. The van der Waals surface area contributed by atoms with E-state index in [9.17, 15) is 9.18 Å². The first kappa shape index (κ1) is 9.71. The Morgan fingerprint density at radius 2 is 2.27 bits per heavy atom. The van der Waals surface area contributed by atoms with Gasteiger partial charge in [-0.2, -0.15) is 0 Å². The van der Waals surface area contributed by atoms with E-state index < -0.39 is 5.82 Å². The van der Waals surface area contributed by atoms with Crippen LogP contribution in [0.2, 0.25) is 0 Å². The Labute approximate surface area is 86.3 Å². The van der Waals surface area contributed by atoms with E-state index in [2.05, 4.69) is 0 Å². The van der Waals surface area contributed by atoms with Crippen LogP contribution < -0.4 is 5.73 Å². The van der Waals surface area contributed by atoms with Crippen LogP contribution in [0.15, 0.2) is 30.0 Å². The van der Waals surface area contributed by atoms with Gasteiger partial charge in [0.1, 0.15) is 5.82 Å². The standard InChI is InChI=1S/C11H10FNO2/c12-10-2-1-8(13)5-9(10)11(14)7-3-4-15-6-7/h1-2,5-6H,3-4,13H2. The summed E-state index contributed by atoms with van der Waals surface area (Å²) in [5, 5.41) is 0. The number of Topliss-reactive ketones (excluding diaryl/α,β-unsaturated/α-hetero) is 1. The molecule has 1 aromatic carbocycles. The fraction of sp³-hybridized carbons (Fsp3) is 0.182. The molecular formula is C11H10FNO2. The van der Waals surface area contributed by atoms with Gasteiger partial charge < -0.3 is 10.5 Å². The molecule has 2 N–H and O–H groups in total. The lowest BCUT2D eigenvalue weighted by Crippen LogP contribution is -2.05. The molecule has 1 aliphatic heterocycles. The lowest BCUT2D eigenvalue weighted by atomic mass is 10.0. The molecule has 0 fully saturated rings. The van der Waals surface area contributed by atoms with Crippen LogP contribution in [-0.2, 0) is 4.74 Å². The zero-order valence-electron chi connectivity index (χ0n) is 8.00. The van der Waals surface area contributed by atoms with E-state index in [0.717, 1.165) is 0 Å². The Morgan fingerprint density at radius 3 is 2.93 bits per heavy atom. The molecule has 1 aliphatic rings. The molecule has 0 unspecified atom stereocenters. The third kappa shape index (κ3) is 1.83. The molecule has 0 amide bonds. The SMILES string of the molecule is Nc1ccc(F)c(C(=O)C2=COCC2)c1. The molecule has 0 bridgehead atoms. The molecular weight excluding hydrogens is 197 g/mol. The minimum absolute atomic E-state index is 0.00625. The number of benzene rings is 1. The maximum absolute atomic E-state index is 13.3. The Bertz CT molecular complexity index is 440. The number of hydrogen-bond donors (Lipinski definition) is 1. The van der Waals surface area contributed by atoms with Gasteiger partial charge in [-0.25, -0.2) is 4.39 Å². The molecule has 3 nitrogen and oxygen atoms in total. The molecule has 1 heterocycles. The summed E-state index contributed by atoms with van der Waals surface area (Å²) in [4.78, 5) is 11.8. The molecule has 0 radical (unpaired) electrons. The van der Waals surface area contributed by atoms with Crippen LogP contribution in [0, 0.1) is 5.82 Å². The maximum atomic E-state index is 13.3. The van der Waals surface area contributed by atoms with Gasteiger partial charge in [0.2, 0.25) is 0 Å². The van der Waals surface area contributed by atoms with Gasteiger partial charge in [-0.3, -0.25) is 4.79 Å². The average Bonchev–Trinajstić information content (AvgIpc) is 2.74. The van der Waals surface area contributed by atoms with Crippen LogP contribution in [0.3, 0.4) is 0 Å². The van der Waals surface area contributed by atoms with Crippen molar-refractivity contribution in [3.05, 3.63) is 41.4 Å². The normalized spacial score (nSPS) is 14.6. The summed E-state index contributed by atoms with van der Waals surface area (Å²) in [5.41, 5.74) is 6.36. The van der Waals surface area contributed by atoms with Crippen molar-refractivity contribution in [2.45, 2.75) is 6.42 Å². The maximum Gasteiger partial charge on any atom is 0.195 e. The molecule has 4 heteroatoms. The number of anilines is 1. The van der Waals surface area contributed by atoms with Gasteiger partial charge in [-0.1, -0.05) is 0 Å². The zero-order valence-corrected chi connectivity index (χ0v) is 8.00. The first-order valence-corrected chi connectivity index (χ1v) is 4.59. The Balaban J connectivity index is 2.36. The molecule has 15 heavy (non-hydrogen) atoms. The average molecular weight is 207 g/mol. The number of nitrogen functional groups attached to an aromatic ring is 1. The highest BCUT2D eigenvalue weighted by Crippen LogP contribution is 2.20. The van der Waals surface area contributed by atoms with Crippen molar-refractivity contribution in [2.24, 2.45) is 0 Å². The van der Waals surface area contributed by atoms with Gasteiger partial charge in [0, 0.05) is 17.7 Å². The fourth-order valence-corrected chi connectivity index (χ4v) is 1.44. The van der Waals surface area contributed by atoms with Crippen LogP contribution in [0.4, 0.5) is 10.1 Å². The number of hydrogen-bond acceptors (Lipinski definition) is 3. The van der Waals surface area contributed by atoms with Gasteiger partial charge >= 0.3 is 0 Å². The first-order chi connectivity index (χ1) is 7.18. The predicted octanol–water partition coefficient (Wildman–Crippen LogP) is 1.89. The van der Waals surface area contributed by atoms with E-state index in [1.807, 2.05) is 0 Å². The number of nitrogens with two attached hydrogens (primary N) is 1. The van der Waals surface area contributed by atoms with Gasteiger partial charge in [0.15, 0.2) is 5.78 Å². The van der Waals surface area contributed by atoms with E-state index in [0.29, 0.717) is 24.3 Å². The van der Waals surface area contributed by atoms with Crippen LogP contribution in [0.1, 0.15) is 16.8 Å². The van der Waals surface area contributed by atoms with Crippen molar-refractivity contribution >= 4 is 11.5 Å². The molecule has 0 atom stereocenters. The van der Waals surface area contributed by atoms with Crippen molar-refractivity contribution in [3.63, 3.8) is 0 Å². The summed E-state index contributed by atoms with van der Waals surface area (Å²) in [6.45, 7) is 0.477. The molecule has 1 aromatic rings. The van der Waals surface area contributed by atoms with Crippen LogP contribution in [0.25, 0.3) is 0 Å². The van der Waals surface area contributed by atoms with E-state index in [1.165, 1.54) is 24.5 Å². The highest BCUT2D eigenvalue weighted by molar-refractivity contribution is 6.09. The van der Waals surface area contributed by atoms with Gasteiger partial charge in [0.05, 0.1) is 18.4 Å². The summed E-state index contributed by atoms with van der Waals surface area (Å²) in [6.07, 6.45) is 1.90. The second-order valence-corrected chi connectivity index (χ2v) is 3.33. The summed E-state index contributed by atoms with van der Waals surface area (Å²) in [6, 6.07) is 3.96. The minimum Gasteiger partial charge on any atom is -0.500 e. The van der Waals surface area contributed by atoms with Gasteiger partial charge in [-0.05, 0) is 18.2 Å². The van der Waals surface area contributed by atoms with Crippen molar-refractivity contribution in [2.75, 3.05) is 12.3 Å². The van der Waals surface area contributed by atoms with Crippen molar-refractivity contribution in [1.82, 2.24) is 0 Å². The Kier molecular flexibility index (Phi) is 2.41. The summed E-state index contributed by atoms with van der Waals surface area (Å²) >= 11 is 0. The molecule has 0 aromatic heterocycles. The molecule has 0 saturated carbocycles. The number of rotatable bonds is 2. The van der Waals surface area contributed by atoms with Crippen molar-refractivity contribution in [1.29, 1.82) is 0 Å². The van der Waals surface area contributed by atoms with E-state index in [1.54, 1.807) is 0 Å². The zero-order chi connectivity index (χ0) is 10.8. The van der Waals surface area contributed by atoms with Crippen LogP contribution in [0.5, 0.6) is 0 Å². The second kappa shape index (κ2) is 3.73. The number of ketones is 1. The predicted molar refractivity (Wildman–Crippen MR) is 53.8 cm³/mol. The third-order valence-corrected chi connectivity index (χ3v) is 2.24. The highest BCUT2D eigenvalue weighted by atomic mass is 19.1. The second-order valence-electron chi connectivity index (χ2n) is 3.33. The highest BCUT2D eigenvalue weighted by Gasteiger charge is 2.19. The lowest BCUT2D eigenvalue weighted by Gasteiger charge is -2.03. The van der Waals surface area contributed by atoms with Crippen LogP contribution in [-0.4, -0.2) is 12.4 Å². The molecule has 0 spiro atoms. The van der Waals surface area contributed by atoms with Crippen molar-refractivity contribution in [3.8, 4) is 0 Å². The lowest BCUT2D eigenvalue weighted by molar-refractivity contribution is 0.102. The van der Waals surface area contributed by atoms with E-state index >= 15 is 0 Å². The summed E-state index contributed by atoms with van der Waals surface area (Å²) in [5.74, 6) is -0.903. The molecule has 0 saturated heterocycles. The van der Waals surface area contributed by atoms with Gasteiger partial charge in [-0.15, -0.1) is 0 Å². The largest absolute Gasteiger partial charge is 0.500 e. The fourth-order valence-electron chi connectivity index (χ4n) is 1.44. The smallest absolute Gasteiger partial charge is 0.195 e. The molecule has 78 valence electrons.